The van der Waals surface area contributed by atoms with Gasteiger partial charge in [-0.25, -0.2) is 0 Å². The summed E-state index contributed by atoms with van der Waals surface area (Å²) in [6.07, 6.45) is 0. The number of aryl methyl sites for hydroxylation is 1. The van der Waals surface area contributed by atoms with Crippen molar-refractivity contribution in [1.29, 1.82) is 0 Å². The number of aromatic nitrogens is 3. The maximum absolute atomic E-state index is 12.5. The second kappa shape index (κ2) is 10.1. The molecule has 0 radical (unpaired) electrons. The minimum absolute atomic E-state index is 0.0688. The molecule has 0 atom stereocenters. The zero-order valence-corrected chi connectivity index (χ0v) is 20.1. The van der Waals surface area contributed by atoms with E-state index in [-0.39, 0.29) is 11.7 Å². The number of fused-ring (bicyclic) bond motifs is 1. The molecule has 1 heterocycles. The number of benzene rings is 3. The number of rotatable bonds is 8. The lowest BCUT2D eigenvalue weighted by Crippen LogP contribution is -2.16. The fourth-order valence-electron chi connectivity index (χ4n) is 3.73. The van der Waals surface area contributed by atoms with Gasteiger partial charge in [0.15, 0.2) is 11.0 Å². The highest BCUT2D eigenvalue weighted by Crippen LogP contribution is 2.28. The van der Waals surface area contributed by atoms with Gasteiger partial charge in [-0.3, -0.25) is 4.79 Å². The molecule has 0 saturated heterocycles. The Morgan fingerprint density at radius 1 is 1.06 bits per heavy atom. The first-order chi connectivity index (χ1) is 15.9. The first-order valence-electron chi connectivity index (χ1n) is 10.9. The molecule has 170 valence electrons. The van der Waals surface area contributed by atoms with Gasteiger partial charge in [0.1, 0.15) is 12.4 Å². The first kappa shape index (κ1) is 22.9. The summed E-state index contributed by atoms with van der Waals surface area (Å²) in [6.45, 7) is 6.59. The van der Waals surface area contributed by atoms with Gasteiger partial charge in [-0.15, -0.1) is 10.2 Å². The summed E-state index contributed by atoms with van der Waals surface area (Å²) in [4.78, 5) is 12.5. The fourth-order valence-corrected chi connectivity index (χ4v) is 4.46. The van der Waals surface area contributed by atoms with Gasteiger partial charge in [-0.05, 0) is 46.9 Å². The molecule has 33 heavy (non-hydrogen) atoms. The van der Waals surface area contributed by atoms with E-state index in [1.54, 1.807) is 0 Å². The standard InChI is InChI=1S/C26H28N4O2S/c1-17(2)20-10-7-8-12-22(20)27-25(31)16-33-26-29-28-24(30(26)4)15-32-23-14-13-19-9-5-6-11-21(19)18(23)3/h5-14,17H,15-16H2,1-4H3,(H,27,31). The molecule has 1 amide bonds. The van der Waals surface area contributed by atoms with E-state index in [4.69, 9.17) is 4.74 Å². The molecule has 0 aliphatic heterocycles. The average molecular weight is 461 g/mol. The van der Waals surface area contributed by atoms with Crippen LogP contribution in [0.1, 0.15) is 36.7 Å². The number of hydrogen-bond acceptors (Lipinski definition) is 5. The molecule has 0 spiro atoms. The Hall–Kier alpha value is -3.32. The van der Waals surface area contributed by atoms with Crippen molar-refractivity contribution in [2.24, 2.45) is 7.05 Å². The fraction of sp³-hybridized carbons (Fsp3) is 0.269. The molecule has 0 unspecified atom stereocenters. The maximum Gasteiger partial charge on any atom is 0.234 e. The molecule has 0 aliphatic carbocycles. The summed E-state index contributed by atoms with van der Waals surface area (Å²) in [7, 11) is 1.89. The van der Waals surface area contributed by atoms with Gasteiger partial charge < -0.3 is 14.6 Å². The van der Waals surface area contributed by atoms with Crippen molar-refractivity contribution in [3.05, 3.63) is 77.6 Å². The van der Waals surface area contributed by atoms with Crippen LogP contribution >= 0.6 is 11.8 Å². The number of amides is 1. The number of hydrogen-bond donors (Lipinski definition) is 1. The van der Waals surface area contributed by atoms with Crippen LogP contribution in [0, 0.1) is 6.92 Å². The Bertz CT molecular complexity index is 1280. The molecule has 0 fully saturated rings. The molecule has 4 aromatic rings. The lowest BCUT2D eigenvalue weighted by atomic mass is 10.0. The molecule has 7 heteroatoms. The minimum Gasteiger partial charge on any atom is -0.485 e. The van der Waals surface area contributed by atoms with Crippen molar-refractivity contribution in [3.8, 4) is 5.75 Å². The normalized spacial score (nSPS) is 11.2. The van der Waals surface area contributed by atoms with Crippen LogP contribution in [-0.2, 0) is 18.4 Å². The van der Waals surface area contributed by atoms with Crippen molar-refractivity contribution in [2.45, 2.75) is 38.5 Å². The van der Waals surface area contributed by atoms with Crippen LogP contribution in [0.25, 0.3) is 10.8 Å². The van der Waals surface area contributed by atoms with Gasteiger partial charge >= 0.3 is 0 Å². The predicted molar refractivity (Wildman–Crippen MR) is 134 cm³/mol. The van der Waals surface area contributed by atoms with Crippen LogP contribution < -0.4 is 10.1 Å². The Morgan fingerprint density at radius 3 is 2.64 bits per heavy atom. The molecular weight excluding hydrogens is 432 g/mol. The van der Waals surface area contributed by atoms with Gasteiger partial charge in [-0.2, -0.15) is 0 Å². The van der Waals surface area contributed by atoms with Crippen LogP contribution in [0.5, 0.6) is 5.75 Å². The zero-order valence-electron chi connectivity index (χ0n) is 19.3. The predicted octanol–water partition coefficient (Wildman–Crippen LogP) is 5.71. The van der Waals surface area contributed by atoms with E-state index < -0.39 is 0 Å². The molecule has 6 nitrogen and oxygen atoms in total. The second-order valence-corrected chi connectivity index (χ2v) is 9.18. The van der Waals surface area contributed by atoms with E-state index in [9.17, 15) is 4.79 Å². The van der Waals surface area contributed by atoms with Crippen LogP contribution in [0.2, 0.25) is 0 Å². The van der Waals surface area contributed by atoms with E-state index >= 15 is 0 Å². The number of carbonyl (C=O) groups excluding carboxylic acids is 1. The maximum atomic E-state index is 12.5. The number of carbonyl (C=O) groups is 1. The van der Waals surface area contributed by atoms with Crippen LogP contribution in [0.4, 0.5) is 5.69 Å². The molecule has 0 saturated carbocycles. The number of ether oxygens (including phenoxy) is 1. The highest BCUT2D eigenvalue weighted by molar-refractivity contribution is 7.99. The van der Waals surface area contributed by atoms with Gasteiger partial charge in [0.05, 0.1) is 5.75 Å². The van der Waals surface area contributed by atoms with Crippen molar-refractivity contribution in [1.82, 2.24) is 14.8 Å². The van der Waals surface area contributed by atoms with Crippen molar-refractivity contribution in [2.75, 3.05) is 11.1 Å². The SMILES string of the molecule is Cc1c(OCc2nnc(SCC(=O)Nc3ccccc3C(C)C)n2C)ccc2ccccc12. The molecule has 3 aromatic carbocycles. The van der Waals surface area contributed by atoms with Crippen molar-refractivity contribution in [3.63, 3.8) is 0 Å². The monoisotopic (exact) mass is 460 g/mol. The molecule has 0 aliphatic rings. The molecule has 1 N–H and O–H groups in total. The van der Waals surface area contributed by atoms with E-state index in [2.05, 4.69) is 54.5 Å². The van der Waals surface area contributed by atoms with E-state index in [1.165, 1.54) is 22.5 Å². The van der Waals surface area contributed by atoms with Gasteiger partial charge in [0.25, 0.3) is 0 Å². The van der Waals surface area contributed by atoms with E-state index in [1.807, 2.05) is 54.1 Å². The zero-order chi connectivity index (χ0) is 23.4. The topological polar surface area (TPSA) is 69.0 Å². The lowest BCUT2D eigenvalue weighted by Gasteiger charge is -2.13. The molecular formula is C26H28N4O2S. The van der Waals surface area contributed by atoms with Crippen molar-refractivity contribution < 1.29 is 9.53 Å². The smallest absolute Gasteiger partial charge is 0.234 e. The number of anilines is 1. The summed E-state index contributed by atoms with van der Waals surface area (Å²) >= 11 is 1.36. The summed E-state index contributed by atoms with van der Waals surface area (Å²) in [5.74, 6) is 2.05. The number of para-hydroxylation sites is 1. The number of thioether (sulfide) groups is 1. The Morgan fingerprint density at radius 2 is 1.82 bits per heavy atom. The Labute approximate surface area is 198 Å². The largest absolute Gasteiger partial charge is 0.485 e. The van der Waals surface area contributed by atoms with Crippen LogP contribution in [0.15, 0.2) is 65.8 Å². The summed E-state index contributed by atoms with van der Waals surface area (Å²) < 4.78 is 7.92. The van der Waals surface area contributed by atoms with Gasteiger partial charge in [0.2, 0.25) is 5.91 Å². The summed E-state index contributed by atoms with van der Waals surface area (Å²) in [6, 6.07) is 20.2. The second-order valence-electron chi connectivity index (χ2n) is 8.24. The molecule has 1 aromatic heterocycles. The quantitative estimate of drug-likeness (QED) is 0.341. The first-order valence-corrected chi connectivity index (χ1v) is 11.9. The third kappa shape index (κ3) is 5.20. The highest BCUT2D eigenvalue weighted by Gasteiger charge is 2.14. The molecule has 4 rings (SSSR count). The van der Waals surface area contributed by atoms with Gasteiger partial charge in [0, 0.05) is 12.7 Å². The Balaban J connectivity index is 1.36. The third-order valence-electron chi connectivity index (χ3n) is 5.62. The third-order valence-corrected chi connectivity index (χ3v) is 6.64. The van der Waals surface area contributed by atoms with E-state index in [0.29, 0.717) is 23.5 Å². The van der Waals surface area contributed by atoms with Crippen LogP contribution in [0.3, 0.4) is 0 Å². The Kier molecular flexibility index (Phi) is 6.99. The minimum atomic E-state index is -0.0688. The highest BCUT2D eigenvalue weighted by atomic mass is 32.2. The number of nitrogens with one attached hydrogen (secondary N) is 1. The lowest BCUT2D eigenvalue weighted by molar-refractivity contribution is -0.113. The summed E-state index contributed by atoms with van der Waals surface area (Å²) in [5.41, 5.74) is 3.08. The average Bonchev–Trinajstić information content (AvgIpc) is 3.17. The summed E-state index contributed by atoms with van der Waals surface area (Å²) in [5, 5.41) is 14.6. The molecule has 0 bridgehead atoms. The van der Waals surface area contributed by atoms with Crippen LogP contribution in [-0.4, -0.2) is 26.4 Å². The van der Waals surface area contributed by atoms with Gasteiger partial charge in [-0.1, -0.05) is 74.1 Å². The van der Waals surface area contributed by atoms with Crippen molar-refractivity contribution >= 4 is 34.1 Å². The number of nitrogens with zero attached hydrogens (tertiary/aromatic N) is 3. The van der Waals surface area contributed by atoms with E-state index in [0.717, 1.165) is 22.6 Å².